The van der Waals surface area contributed by atoms with Crippen LogP contribution in [0.4, 0.5) is 0 Å². The second-order valence-corrected chi connectivity index (χ2v) is 3.11. The van der Waals surface area contributed by atoms with Crippen molar-refractivity contribution >= 4 is 5.97 Å². The van der Waals surface area contributed by atoms with Crippen LogP contribution in [0.2, 0.25) is 0 Å². The lowest BCUT2D eigenvalue weighted by molar-refractivity contribution is -0.136. The van der Waals surface area contributed by atoms with E-state index in [-0.39, 0.29) is 18.4 Å². The summed E-state index contributed by atoms with van der Waals surface area (Å²) in [5.74, 6) is -0.464. The van der Waals surface area contributed by atoms with Crippen LogP contribution in [0.1, 0.15) is 30.7 Å². The third-order valence-corrected chi connectivity index (χ3v) is 1.99. The van der Waals surface area contributed by atoms with Gasteiger partial charge in [0.25, 0.3) is 0 Å². The highest BCUT2D eigenvalue weighted by molar-refractivity contribution is 5.68. The third kappa shape index (κ3) is 1.90. The molecule has 1 aliphatic heterocycles. The molecule has 1 atom stereocenters. The van der Waals surface area contributed by atoms with Gasteiger partial charge in [-0.3, -0.25) is 4.79 Å². The first kappa shape index (κ1) is 9.14. The third-order valence-electron chi connectivity index (χ3n) is 1.99. The fourth-order valence-electron chi connectivity index (χ4n) is 1.37. The van der Waals surface area contributed by atoms with E-state index in [4.69, 9.17) is 14.3 Å². The van der Waals surface area contributed by atoms with Gasteiger partial charge in [-0.15, -0.1) is 10.2 Å². The second kappa shape index (κ2) is 3.75. The standard InChI is InChI=1S/C8H10N2O4/c11-7(12)4-6-9-10-8(14-6)5-2-1-3-13-5/h5H,1-4H2,(H,11,12). The predicted molar refractivity (Wildman–Crippen MR) is 43.6 cm³/mol. The Bertz CT molecular complexity index is 330. The number of carboxylic acid groups (broad SMARTS) is 1. The average molecular weight is 198 g/mol. The van der Waals surface area contributed by atoms with Crippen LogP contribution in [0.5, 0.6) is 0 Å². The van der Waals surface area contributed by atoms with Gasteiger partial charge in [-0.1, -0.05) is 0 Å². The van der Waals surface area contributed by atoms with Gasteiger partial charge >= 0.3 is 5.97 Å². The average Bonchev–Trinajstić information content (AvgIpc) is 2.69. The number of ether oxygens (including phenoxy) is 1. The van der Waals surface area contributed by atoms with Crippen molar-refractivity contribution in [1.82, 2.24) is 10.2 Å². The summed E-state index contributed by atoms with van der Waals surface area (Å²) in [5, 5.41) is 15.9. The van der Waals surface area contributed by atoms with E-state index in [9.17, 15) is 4.79 Å². The van der Waals surface area contributed by atoms with E-state index < -0.39 is 5.97 Å². The van der Waals surface area contributed by atoms with E-state index in [1.54, 1.807) is 0 Å². The van der Waals surface area contributed by atoms with Crippen LogP contribution in [0, 0.1) is 0 Å². The minimum absolute atomic E-state index is 0.128. The second-order valence-electron chi connectivity index (χ2n) is 3.11. The van der Waals surface area contributed by atoms with Gasteiger partial charge in [-0.2, -0.15) is 0 Å². The van der Waals surface area contributed by atoms with E-state index in [2.05, 4.69) is 10.2 Å². The quantitative estimate of drug-likeness (QED) is 0.763. The summed E-state index contributed by atoms with van der Waals surface area (Å²) < 4.78 is 10.5. The van der Waals surface area contributed by atoms with Crippen LogP contribution in [-0.4, -0.2) is 27.9 Å². The molecule has 1 fully saturated rings. The van der Waals surface area contributed by atoms with Gasteiger partial charge in [0, 0.05) is 6.61 Å². The summed E-state index contributed by atoms with van der Waals surface area (Å²) in [6.07, 6.45) is 1.44. The zero-order valence-corrected chi connectivity index (χ0v) is 7.47. The monoisotopic (exact) mass is 198 g/mol. The summed E-state index contributed by atoms with van der Waals surface area (Å²) in [7, 11) is 0. The summed E-state index contributed by atoms with van der Waals surface area (Å²) in [5.41, 5.74) is 0. The number of nitrogens with zero attached hydrogens (tertiary/aromatic N) is 2. The summed E-state index contributed by atoms with van der Waals surface area (Å²) >= 11 is 0. The SMILES string of the molecule is O=C(O)Cc1nnc(C2CCCO2)o1. The highest BCUT2D eigenvalue weighted by Crippen LogP contribution is 2.27. The van der Waals surface area contributed by atoms with Crippen molar-refractivity contribution in [1.29, 1.82) is 0 Å². The van der Waals surface area contributed by atoms with Crippen molar-refractivity contribution in [3.05, 3.63) is 11.8 Å². The molecule has 6 nitrogen and oxygen atoms in total. The van der Waals surface area contributed by atoms with Crippen LogP contribution in [0.3, 0.4) is 0 Å². The fourth-order valence-corrected chi connectivity index (χ4v) is 1.37. The molecule has 6 heteroatoms. The Kier molecular flexibility index (Phi) is 2.45. The number of rotatable bonds is 3. The molecule has 1 aliphatic rings. The van der Waals surface area contributed by atoms with E-state index >= 15 is 0 Å². The highest BCUT2D eigenvalue weighted by Gasteiger charge is 2.23. The molecule has 0 radical (unpaired) electrons. The van der Waals surface area contributed by atoms with E-state index in [1.165, 1.54) is 0 Å². The maximum atomic E-state index is 10.3. The molecule has 2 heterocycles. The van der Waals surface area contributed by atoms with Gasteiger partial charge in [0.05, 0.1) is 0 Å². The minimum atomic E-state index is -0.979. The Balaban J connectivity index is 2.05. The van der Waals surface area contributed by atoms with Gasteiger partial charge in [-0.25, -0.2) is 0 Å². The molecular weight excluding hydrogens is 188 g/mol. The number of carbonyl (C=O) groups is 1. The molecule has 76 valence electrons. The van der Waals surface area contributed by atoms with E-state index in [0.29, 0.717) is 12.5 Å². The van der Waals surface area contributed by atoms with E-state index in [0.717, 1.165) is 12.8 Å². The first-order chi connectivity index (χ1) is 6.75. The number of aromatic nitrogens is 2. The lowest BCUT2D eigenvalue weighted by Gasteiger charge is -2.00. The molecule has 0 spiro atoms. The zero-order valence-electron chi connectivity index (χ0n) is 7.47. The molecular formula is C8H10N2O4. The minimum Gasteiger partial charge on any atom is -0.481 e. The Labute approximate surface area is 79.9 Å². The molecule has 1 N–H and O–H groups in total. The molecule has 0 aliphatic carbocycles. The van der Waals surface area contributed by atoms with Gasteiger partial charge in [0.1, 0.15) is 12.5 Å². The predicted octanol–water partition coefficient (Wildman–Crippen LogP) is 0.548. The maximum Gasteiger partial charge on any atom is 0.312 e. The first-order valence-electron chi connectivity index (χ1n) is 4.41. The molecule has 1 aromatic heterocycles. The lowest BCUT2D eigenvalue weighted by Crippen LogP contribution is -1.99. The number of hydrogen-bond acceptors (Lipinski definition) is 5. The molecule has 1 aromatic rings. The molecule has 2 rings (SSSR count). The Morgan fingerprint density at radius 3 is 3.07 bits per heavy atom. The van der Waals surface area contributed by atoms with Crippen molar-refractivity contribution < 1.29 is 19.1 Å². The van der Waals surface area contributed by atoms with Crippen molar-refractivity contribution in [3.63, 3.8) is 0 Å². The molecule has 0 bridgehead atoms. The van der Waals surface area contributed by atoms with Gasteiger partial charge < -0.3 is 14.3 Å². The van der Waals surface area contributed by atoms with Crippen LogP contribution in [0.25, 0.3) is 0 Å². The van der Waals surface area contributed by atoms with Gasteiger partial charge in [-0.05, 0) is 12.8 Å². The van der Waals surface area contributed by atoms with Crippen LogP contribution < -0.4 is 0 Å². The van der Waals surface area contributed by atoms with Crippen molar-refractivity contribution in [2.75, 3.05) is 6.61 Å². The molecule has 0 amide bonds. The largest absolute Gasteiger partial charge is 0.481 e. The normalized spacial score (nSPS) is 21.3. The summed E-state index contributed by atoms with van der Waals surface area (Å²) in [4.78, 5) is 10.3. The van der Waals surface area contributed by atoms with Gasteiger partial charge in [0.2, 0.25) is 11.8 Å². The van der Waals surface area contributed by atoms with Crippen LogP contribution in [-0.2, 0) is 16.0 Å². The molecule has 1 unspecified atom stereocenters. The molecule has 1 saturated heterocycles. The molecule has 14 heavy (non-hydrogen) atoms. The number of carboxylic acids is 1. The zero-order chi connectivity index (χ0) is 9.97. The van der Waals surface area contributed by atoms with Crippen LogP contribution in [0.15, 0.2) is 4.42 Å². The Morgan fingerprint density at radius 2 is 2.43 bits per heavy atom. The van der Waals surface area contributed by atoms with E-state index in [1.807, 2.05) is 0 Å². The van der Waals surface area contributed by atoms with Crippen LogP contribution >= 0.6 is 0 Å². The number of aliphatic carboxylic acids is 1. The lowest BCUT2D eigenvalue weighted by atomic mass is 10.2. The summed E-state index contributed by atoms with van der Waals surface area (Å²) in [6.45, 7) is 0.696. The Morgan fingerprint density at radius 1 is 1.57 bits per heavy atom. The summed E-state index contributed by atoms with van der Waals surface area (Å²) in [6, 6.07) is 0. The number of hydrogen-bond donors (Lipinski definition) is 1. The maximum absolute atomic E-state index is 10.3. The Hall–Kier alpha value is -1.43. The first-order valence-corrected chi connectivity index (χ1v) is 4.41. The molecule has 0 saturated carbocycles. The highest BCUT2D eigenvalue weighted by atomic mass is 16.5. The van der Waals surface area contributed by atoms with Crippen molar-refractivity contribution in [3.8, 4) is 0 Å². The topological polar surface area (TPSA) is 85.5 Å². The molecule has 0 aromatic carbocycles. The fraction of sp³-hybridized carbons (Fsp3) is 0.625. The smallest absolute Gasteiger partial charge is 0.312 e. The van der Waals surface area contributed by atoms with Gasteiger partial charge in [0.15, 0.2) is 0 Å². The van der Waals surface area contributed by atoms with Crippen molar-refractivity contribution in [2.45, 2.75) is 25.4 Å². The van der Waals surface area contributed by atoms with Crippen molar-refractivity contribution in [2.24, 2.45) is 0 Å².